The quantitative estimate of drug-likeness (QED) is 0.809. The summed E-state index contributed by atoms with van der Waals surface area (Å²) >= 11 is 0. The lowest BCUT2D eigenvalue weighted by molar-refractivity contribution is -0.139. The van der Waals surface area contributed by atoms with Gasteiger partial charge in [0.15, 0.2) is 5.58 Å². The van der Waals surface area contributed by atoms with Crippen LogP contribution in [0, 0.1) is 0 Å². The fourth-order valence-electron chi connectivity index (χ4n) is 1.90. The summed E-state index contributed by atoms with van der Waals surface area (Å²) in [6.07, 6.45) is 1.18. The maximum atomic E-state index is 11.3. The van der Waals surface area contributed by atoms with E-state index in [1.54, 1.807) is 24.3 Å². The number of hydrogen-bond acceptors (Lipinski definition) is 5. The van der Waals surface area contributed by atoms with E-state index in [1.165, 1.54) is 7.11 Å². The summed E-state index contributed by atoms with van der Waals surface area (Å²) < 4.78 is 9.46. The highest BCUT2D eigenvalue weighted by Crippen LogP contribution is 2.18. The number of rotatable bonds is 5. The number of oxazole rings is 1. The van der Waals surface area contributed by atoms with E-state index in [4.69, 9.17) is 9.52 Å². The van der Waals surface area contributed by atoms with Crippen molar-refractivity contribution >= 4 is 29.1 Å². The predicted octanol–water partition coefficient (Wildman–Crippen LogP) is 1.54. The Labute approximate surface area is 118 Å². The standard InChI is InChI=1S/C14H13NO6/c1-20-13(18)7-9(6-12(16)17)4-8-2-3-10-11(5-8)21-14(19)15-10/h2-5H,6-7H2,1H3,(H,15,19)(H,16,17). The van der Waals surface area contributed by atoms with Crippen LogP contribution in [0.5, 0.6) is 0 Å². The summed E-state index contributed by atoms with van der Waals surface area (Å²) in [5.74, 6) is -2.12. The molecule has 0 fully saturated rings. The minimum absolute atomic E-state index is 0.113. The van der Waals surface area contributed by atoms with Crippen LogP contribution >= 0.6 is 0 Å². The molecule has 0 amide bonds. The number of carboxylic acid groups (broad SMARTS) is 1. The average molecular weight is 291 g/mol. The normalized spacial score (nSPS) is 11.6. The van der Waals surface area contributed by atoms with Gasteiger partial charge in [0.2, 0.25) is 0 Å². The molecular weight excluding hydrogens is 278 g/mol. The van der Waals surface area contributed by atoms with Crippen molar-refractivity contribution in [3.8, 4) is 0 Å². The Morgan fingerprint density at radius 1 is 1.38 bits per heavy atom. The zero-order chi connectivity index (χ0) is 15.4. The number of hydrogen-bond donors (Lipinski definition) is 2. The van der Waals surface area contributed by atoms with Gasteiger partial charge in [-0.1, -0.05) is 12.1 Å². The Morgan fingerprint density at radius 3 is 2.81 bits per heavy atom. The highest BCUT2D eigenvalue weighted by atomic mass is 16.5. The van der Waals surface area contributed by atoms with Crippen LogP contribution in [-0.4, -0.2) is 29.1 Å². The van der Waals surface area contributed by atoms with Gasteiger partial charge in [0.25, 0.3) is 0 Å². The number of H-pyrrole nitrogens is 1. The molecule has 110 valence electrons. The van der Waals surface area contributed by atoms with Crippen LogP contribution in [0.25, 0.3) is 17.2 Å². The number of nitrogens with one attached hydrogen (secondary N) is 1. The van der Waals surface area contributed by atoms with Crippen molar-refractivity contribution in [3.63, 3.8) is 0 Å². The summed E-state index contributed by atoms with van der Waals surface area (Å²) in [4.78, 5) is 35.7. The molecule has 0 aliphatic carbocycles. The van der Waals surface area contributed by atoms with E-state index in [0.29, 0.717) is 22.2 Å². The van der Waals surface area contributed by atoms with Crippen LogP contribution in [0.1, 0.15) is 18.4 Å². The van der Waals surface area contributed by atoms with Gasteiger partial charge in [0.1, 0.15) is 0 Å². The van der Waals surface area contributed by atoms with Crippen molar-refractivity contribution in [3.05, 3.63) is 39.9 Å². The van der Waals surface area contributed by atoms with E-state index in [9.17, 15) is 14.4 Å². The average Bonchev–Trinajstić information content (AvgIpc) is 2.77. The largest absolute Gasteiger partial charge is 0.481 e. The van der Waals surface area contributed by atoms with E-state index >= 15 is 0 Å². The number of fused-ring (bicyclic) bond motifs is 1. The van der Waals surface area contributed by atoms with Crippen molar-refractivity contribution < 1.29 is 23.8 Å². The number of benzene rings is 1. The van der Waals surface area contributed by atoms with Crippen molar-refractivity contribution in [1.82, 2.24) is 4.98 Å². The number of ether oxygens (including phenoxy) is 1. The minimum Gasteiger partial charge on any atom is -0.481 e. The second-order valence-corrected chi connectivity index (χ2v) is 4.40. The number of aromatic nitrogens is 1. The number of aromatic amines is 1. The number of carbonyl (C=O) groups is 2. The molecule has 1 heterocycles. The van der Waals surface area contributed by atoms with Crippen LogP contribution in [0.4, 0.5) is 0 Å². The zero-order valence-corrected chi connectivity index (χ0v) is 11.2. The van der Waals surface area contributed by atoms with E-state index < -0.39 is 17.7 Å². The molecule has 0 spiro atoms. The molecule has 0 aliphatic heterocycles. The first-order valence-electron chi connectivity index (χ1n) is 6.09. The number of methoxy groups -OCH3 is 1. The van der Waals surface area contributed by atoms with E-state index in [0.717, 1.165) is 0 Å². The smallest absolute Gasteiger partial charge is 0.417 e. The first-order valence-corrected chi connectivity index (χ1v) is 6.09. The van der Waals surface area contributed by atoms with Crippen LogP contribution in [0.15, 0.2) is 33.0 Å². The molecule has 1 aromatic heterocycles. The molecule has 7 heteroatoms. The Balaban J connectivity index is 2.34. The molecule has 1 aromatic carbocycles. The van der Waals surface area contributed by atoms with Gasteiger partial charge in [-0.25, -0.2) is 4.79 Å². The van der Waals surface area contributed by atoms with Gasteiger partial charge in [-0.15, -0.1) is 0 Å². The van der Waals surface area contributed by atoms with Crippen LogP contribution in [0.3, 0.4) is 0 Å². The Kier molecular flexibility index (Phi) is 4.22. The molecule has 0 radical (unpaired) electrons. The summed E-state index contributed by atoms with van der Waals surface area (Å²) in [6, 6.07) is 4.92. The molecule has 0 saturated carbocycles. The minimum atomic E-state index is -1.04. The molecule has 0 bridgehead atoms. The van der Waals surface area contributed by atoms with Gasteiger partial charge < -0.3 is 14.3 Å². The van der Waals surface area contributed by atoms with Gasteiger partial charge in [-0.3, -0.25) is 14.6 Å². The Hall–Kier alpha value is -2.83. The molecular formula is C14H13NO6. The lowest BCUT2D eigenvalue weighted by Gasteiger charge is -2.04. The number of aliphatic carboxylic acids is 1. The van der Waals surface area contributed by atoms with Gasteiger partial charge in [-0.2, -0.15) is 0 Å². The fourth-order valence-corrected chi connectivity index (χ4v) is 1.90. The van der Waals surface area contributed by atoms with Crippen LogP contribution in [0.2, 0.25) is 0 Å². The maximum absolute atomic E-state index is 11.3. The molecule has 2 N–H and O–H groups in total. The fraction of sp³-hybridized carbons (Fsp3) is 0.214. The molecule has 0 saturated heterocycles. The number of carboxylic acids is 1. The van der Waals surface area contributed by atoms with Crippen molar-refractivity contribution in [1.29, 1.82) is 0 Å². The first-order chi connectivity index (χ1) is 9.97. The van der Waals surface area contributed by atoms with Gasteiger partial charge in [0.05, 0.1) is 25.5 Å². The summed E-state index contributed by atoms with van der Waals surface area (Å²) in [5, 5.41) is 8.86. The lowest BCUT2D eigenvalue weighted by atomic mass is 10.0. The third-order valence-electron chi connectivity index (χ3n) is 2.79. The predicted molar refractivity (Wildman–Crippen MR) is 73.7 cm³/mol. The Morgan fingerprint density at radius 2 is 2.14 bits per heavy atom. The second kappa shape index (κ2) is 6.08. The third kappa shape index (κ3) is 3.82. The van der Waals surface area contributed by atoms with E-state index in [-0.39, 0.29) is 12.8 Å². The number of carbonyl (C=O) groups excluding carboxylic acids is 1. The van der Waals surface area contributed by atoms with E-state index in [2.05, 4.69) is 9.72 Å². The molecule has 0 atom stereocenters. The molecule has 21 heavy (non-hydrogen) atoms. The lowest BCUT2D eigenvalue weighted by Crippen LogP contribution is -2.05. The second-order valence-electron chi connectivity index (χ2n) is 4.40. The zero-order valence-electron chi connectivity index (χ0n) is 11.2. The maximum Gasteiger partial charge on any atom is 0.417 e. The SMILES string of the molecule is COC(=O)CC(=Cc1ccc2[nH]c(=O)oc2c1)CC(=O)O. The van der Waals surface area contributed by atoms with Crippen molar-refractivity contribution in [2.24, 2.45) is 0 Å². The summed E-state index contributed by atoms with van der Waals surface area (Å²) in [6.45, 7) is 0. The molecule has 0 unspecified atom stereocenters. The summed E-state index contributed by atoms with van der Waals surface area (Å²) in [7, 11) is 1.24. The van der Waals surface area contributed by atoms with E-state index in [1.807, 2.05) is 0 Å². The molecule has 2 aromatic rings. The van der Waals surface area contributed by atoms with Crippen molar-refractivity contribution in [2.45, 2.75) is 12.8 Å². The third-order valence-corrected chi connectivity index (χ3v) is 2.79. The highest BCUT2D eigenvalue weighted by molar-refractivity contribution is 5.81. The molecule has 7 nitrogen and oxygen atoms in total. The van der Waals surface area contributed by atoms with Crippen molar-refractivity contribution in [2.75, 3.05) is 7.11 Å². The first kappa shape index (κ1) is 14.6. The topological polar surface area (TPSA) is 110 Å². The number of esters is 1. The highest BCUT2D eigenvalue weighted by Gasteiger charge is 2.10. The monoisotopic (exact) mass is 291 g/mol. The molecule has 0 aliphatic rings. The Bertz CT molecular complexity index is 767. The molecule has 2 rings (SSSR count). The van der Waals surface area contributed by atoms with Gasteiger partial charge in [-0.05, 0) is 23.3 Å². The van der Waals surface area contributed by atoms with Gasteiger partial charge >= 0.3 is 17.7 Å². The summed E-state index contributed by atoms with van der Waals surface area (Å²) in [5.41, 5.74) is 1.93. The van der Waals surface area contributed by atoms with Crippen LogP contribution < -0.4 is 5.76 Å². The van der Waals surface area contributed by atoms with Crippen LogP contribution in [-0.2, 0) is 14.3 Å². The van der Waals surface area contributed by atoms with Gasteiger partial charge in [0, 0.05) is 0 Å².